The highest BCUT2D eigenvalue weighted by Gasteiger charge is 2.10. The fourth-order valence-corrected chi connectivity index (χ4v) is 1.98. The zero-order valence-corrected chi connectivity index (χ0v) is 11.0. The molecule has 1 atom stereocenters. The highest BCUT2D eigenvalue weighted by Crippen LogP contribution is 2.18. The minimum Gasteiger partial charge on any atom is -0.453 e. The molecule has 1 unspecified atom stereocenters. The molecule has 0 saturated heterocycles. The maximum absolute atomic E-state index is 13.5. The van der Waals surface area contributed by atoms with Gasteiger partial charge in [0, 0.05) is 11.6 Å². The van der Waals surface area contributed by atoms with Gasteiger partial charge in [0.05, 0.1) is 6.54 Å². The van der Waals surface area contributed by atoms with Crippen molar-refractivity contribution in [2.75, 3.05) is 0 Å². The molecule has 0 aliphatic rings. The van der Waals surface area contributed by atoms with Crippen molar-refractivity contribution in [3.8, 4) is 0 Å². The third kappa shape index (κ3) is 3.17. The molecule has 0 spiro atoms. The molecular weight excluding hydrogens is 285 g/mol. The van der Waals surface area contributed by atoms with Crippen LogP contribution >= 0.6 is 15.9 Å². The van der Waals surface area contributed by atoms with Gasteiger partial charge in [0.1, 0.15) is 11.6 Å². The van der Waals surface area contributed by atoms with E-state index in [1.165, 1.54) is 6.07 Å². The Kier molecular flexibility index (Phi) is 3.97. The van der Waals surface area contributed by atoms with Gasteiger partial charge in [-0.25, -0.2) is 4.39 Å². The van der Waals surface area contributed by atoms with Crippen molar-refractivity contribution in [3.63, 3.8) is 0 Å². The highest BCUT2D eigenvalue weighted by atomic mass is 79.9. The summed E-state index contributed by atoms with van der Waals surface area (Å²) in [7, 11) is 0. The van der Waals surface area contributed by atoms with Crippen molar-refractivity contribution < 1.29 is 8.81 Å². The van der Waals surface area contributed by atoms with E-state index >= 15 is 0 Å². The Hall–Kier alpha value is -1.13. The van der Waals surface area contributed by atoms with Crippen LogP contribution in [0.4, 0.5) is 4.39 Å². The van der Waals surface area contributed by atoms with Gasteiger partial charge in [-0.2, -0.15) is 0 Å². The van der Waals surface area contributed by atoms with E-state index in [-0.39, 0.29) is 11.9 Å². The van der Waals surface area contributed by atoms with E-state index in [0.29, 0.717) is 16.8 Å². The normalized spacial score (nSPS) is 12.6. The van der Waals surface area contributed by atoms with Crippen molar-refractivity contribution in [1.29, 1.82) is 0 Å². The molecule has 17 heavy (non-hydrogen) atoms. The van der Waals surface area contributed by atoms with Gasteiger partial charge >= 0.3 is 0 Å². The first-order valence-electron chi connectivity index (χ1n) is 5.39. The van der Waals surface area contributed by atoms with E-state index in [9.17, 15) is 4.39 Å². The van der Waals surface area contributed by atoms with Crippen LogP contribution < -0.4 is 5.32 Å². The molecule has 1 heterocycles. The van der Waals surface area contributed by atoms with E-state index in [0.717, 1.165) is 5.76 Å². The Morgan fingerprint density at radius 2 is 2.06 bits per heavy atom. The molecule has 0 fully saturated rings. The summed E-state index contributed by atoms with van der Waals surface area (Å²) < 4.78 is 19.6. The second-order valence-electron chi connectivity index (χ2n) is 3.83. The van der Waals surface area contributed by atoms with Crippen LogP contribution in [0.1, 0.15) is 24.3 Å². The highest BCUT2D eigenvalue weighted by molar-refractivity contribution is 9.10. The molecule has 0 amide bonds. The zero-order valence-electron chi connectivity index (χ0n) is 9.41. The SMILES string of the molecule is CC(NCc1ccc(Br)o1)c1ccccc1F. The second kappa shape index (κ2) is 5.47. The predicted octanol–water partition coefficient (Wildman–Crippen LogP) is 4.03. The van der Waals surface area contributed by atoms with Gasteiger partial charge in [-0.3, -0.25) is 0 Å². The van der Waals surface area contributed by atoms with Crippen LogP contribution in [0.5, 0.6) is 0 Å². The van der Waals surface area contributed by atoms with Crippen molar-refractivity contribution >= 4 is 15.9 Å². The summed E-state index contributed by atoms with van der Waals surface area (Å²) in [5.41, 5.74) is 0.665. The third-order valence-corrected chi connectivity index (χ3v) is 3.01. The molecule has 0 aliphatic heterocycles. The molecule has 0 aliphatic carbocycles. The van der Waals surface area contributed by atoms with Gasteiger partial charge in [0.15, 0.2) is 4.67 Å². The van der Waals surface area contributed by atoms with E-state index in [1.807, 2.05) is 25.1 Å². The smallest absolute Gasteiger partial charge is 0.169 e. The summed E-state index contributed by atoms with van der Waals surface area (Å²) in [5.74, 6) is 0.633. The summed E-state index contributed by atoms with van der Waals surface area (Å²) in [5, 5.41) is 3.21. The summed E-state index contributed by atoms with van der Waals surface area (Å²) in [6.45, 7) is 2.50. The molecule has 1 aromatic heterocycles. The molecule has 90 valence electrons. The number of benzene rings is 1. The lowest BCUT2D eigenvalue weighted by Crippen LogP contribution is -2.18. The lowest BCUT2D eigenvalue weighted by Gasteiger charge is -2.13. The number of furan rings is 1. The van der Waals surface area contributed by atoms with Crippen LogP contribution in [0.3, 0.4) is 0 Å². The van der Waals surface area contributed by atoms with Gasteiger partial charge in [-0.15, -0.1) is 0 Å². The quantitative estimate of drug-likeness (QED) is 0.922. The average molecular weight is 298 g/mol. The molecule has 0 saturated carbocycles. The number of halogens is 2. The first kappa shape index (κ1) is 12.3. The maximum atomic E-state index is 13.5. The number of rotatable bonds is 4. The van der Waals surface area contributed by atoms with Gasteiger partial charge in [0.2, 0.25) is 0 Å². The maximum Gasteiger partial charge on any atom is 0.169 e. The van der Waals surface area contributed by atoms with Gasteiger partial charge in [-0.05, 0) is 41.1 Å². The predicted molar refractivity (Wildman–Crippen MR) is 68.1 cm³/mol. The topological polar surface area (TPSA) is 25.2 Å². The van der Waals surface area contributed by atoms with Crippen molar-refractivity contribution in [2.45, 2.75) is 19.5 Å². The molecule has 4 heteroatoms. The Balaban J connectivity index is 1.98. The van der Waals surface area contributed by atoms with Crippen molar-refractivity contribution in [1.82, 2.24) is 5.32 Å². The summed E-state index contributed by atoms with van der Waals surface area (Å²) >= 11 is 3.24. The molecular formula is C13H13BrFNO. The minimum absolute atomic E-state index is 0.0555. The largest absolute Gasteiger partial charge is 0.453 e. The molecule has 1 N–H and O–H groups in total. The minimum atomic E-state index is -0.187. The van der Waals surface area contributed by atoms with Crippen LogP contribution in [0.15, 0.2) is 45.5 Å². The zero-order chi connectivity index (χ0) is 12.3. The molecule has 0 bridgehead atoms. The molecule has 0 radical (unpaired) electrons. The van der Waals surface area contributed by atoms with Crippen LogP contribution in [0, 0.1) is 5.82 Å². The lowest BCUT2D eigenvalue weighted by molar-refractivity contribution is 0.441. The average Bonchev–Trinajstić information content (AvgIpc) is 2.73. The summed E-state index contributed by atoms with van der Waals surface area (Å²) in [6.07, 6.45) is 0. The van der Waals surface area contributed by atoms with Crippen LogP contribution in [-0.4, -0.2) is 0 Å². The monoisotopic (exact) mass is 297 g/mol. The first-order chi connectivity index (χ1) is 8.16. The van der Waals surface area contributed by atoms with Gasteiger partial charge in [0.25, 0.3) is 0 Å². The Labute approximate surface area is 108 Å². The fourth-order valence-electron chi connectivity index (χ4n) is 1.64. The molecule has 1 aromatic carbocycles. The van der Waals surface area contributed by atoms with Gasteiger partial charge in [-0.1, -0.05) is 18.2 Å². The van der Waals surface area contributed by atoms with E-state index in [1.54, 1.807) is 12.1 Å². The standard InChI is InChI=1S/C13H13BrFNO/c1-9(11-4-2-3-5-12(11)15)16-8-10-6-7-13(14)17-10/h2-7,9,16H,8H2,1H3. The van der Waals surface area contributed by atoms with E-state index in [2.05, 4.69) is 21.2 Å². The van der Waals surface area contributed by atoms with E-state index in [4.69, 9.17) is 4.42 Å². The van der Waals surface area contributed by atoms with E-state index < -0.39 is 0 Å². The Bertz CT molecular complexity index is 498. The van der Waals surface area contributed by atoms with Gasteiger partial charge < -0.3 is 9.73 Å². The molecule has 2 nitrogen and oxygen atoms in total. The number of hydrogen-bond acceptors (Lipinski definition) is 2. The second-order valence-corrected chi connectivity index (χ2v) is 4.61. The fraction of sp³-hybridized carbons (Fsp3) is 0.231. The van der Waals surface area contributed by atoms with Crippen molar-refractivity contribution in [3.05, 3.63) is 58.2 Å². The summed E-state index contributed by atoms with van der Waals surface area (Å²) in [6, 6.07) is 10.4. The molecule has 2 aromatic rings. The van der Waals surface area contributed by atoms with Crippen LogP contribution in [0.25, 0.3) is 0 Å². The Morgan fingerprint density at radius 3 is 2.71 bits per heavy atom. The first-order valence-corrected chi connectivity index (χ1v) is 6.18. The van der Waals surface area contributed by atoms with Crippen LogP contribution in [-0.2, 0) is 6.54 Å². The Morgan fingerprint density at radius 1 is 1.29 bits per heavy atom. The third-order valence-electron chi connectivity index (χ3n) is 2.58. The molecule has 2 rings (SSSR count). The number of nitrogens with one attached hydrogen (secondary N) is 1. The number of hydrogen-bond donors (Lipinski definition) is 1. The lowest BCUT2D eigenvalue weighted by atomic mass is 10.1. The van der Waals surface area contributed by atoms with Crippen LogP contribution in [0.2, 0.25) is 0 Å². The van der Waals surface area contributed by atoms with Crippen molar-refractivity contribution in [2.24, 2.45) is 0 Å². The summed E-state index contributed by atoms with van der Waals surface area (Å²) in [4.78, 5) is 0.